The first-order chi connectivity index (χ1) is 21.0. The van der Waals surface area contributed by atoms with Crippen LogP contribution < -0.4 is 19.7 Å². The number of benzene rings is 5. The number of hydrogen-bond donors (Lipinski definition) is 1. The number of barbiturate groups is 1. The predicted octanol–water partition coefficient (Wildman–Crippen LogP) is 7.32. The van der Waals surface area contributed by atoms with Gasteiger partial charge < -0.3 is 9.47 Å². The molecule has 1 aliphatic rings. The Morgan fingerprint density at radius 1 is 0.721 bits per heavy atom. The van der Waals surface area contributed by atoms with Crippen LogP contribution in [0.4, 0.5) is 10.5 Å². The van der Waals surface area contributed by atoms with Crippen LogP contribution in [0.15, 0.2) is 121 Å². The summed E-state index contributed by atoms with van der Waals surface area (Å²) in [4.78, 5) is 40.5. The fourth-order valence-electron chi connectivity index (χ4n) is 4.81. The molecule has 0 atom stereocenters. The van der Waals surface area contributed by atoms with Crippen molar-refractivity contribution >= 4 is 52.0 Å². The molecule has 0 unspecified atom stereocenters. The Kier molecular flexibility index (Phi) is 7.89. The molecule has 8 heteroatoms. The van der Waals surface area contributed by atoms with Gasteiger partial charge in [0.15, 0.2) is 0 Å². The van der Waals surface area contributed by atoms with Gasteiger partial charge in [-0.3, -0.25) is 14.9 Å². The third-order valence-electron chi connectivity index (χ3n) is 6.95. The lowest BCUT2D eigenvalue weighted by Gasteiger charge is -2.26. The average molecular weight is 589 g/mol. The number of imide groups is 2. The standard InChI is InChI=1S/C35H25ClN2O5/c36-26-11-6-9-24(19-26)22-43-32-18-13-25-10-4-5-12-29(25)30(32)20-31-33(39)37-35(41)38(34(31)40)27-14-16-28(17-15-27)42-21-23-7-2-1-3-8-23/h1-20H,21-22H2,(H,37,39,41)/b31-20+. The van der Waals surface area contributed by atoms with Gasteiger partial charge in [0.05, 0.1) is 5.69 Å². The molecule has 0 aromatic heterocycles. The second-order valence-corrected chi connectivity index (χ2v) is 10.3. The highest BCUT2D eigenvalue weighted by Crippen LogP contribution is 2.33. The number of nitrogens with one attached hydrogen (secondary N) is 1. The lowest BCUT2D eigenvalue weighted by molar-refractivity contribution is -0.122. The molecule has 0 bridgehead atoms. The summed E-state index contributed by atoms with van der Waals surface area (Å²) in [6.45, 7) is 0.593. The van der Waals surface area contributed by atoms with Gasteiger partial charge in [0.1, 0.15) is 30.3 Å². The zero-order valence-electron chi connectivity index (χ0n) is 22.8. The average Bonchev–Trinajstić information content (AvgIpc) is 3.02. The molecule has 4 amide bonds. The van der Waals surface area contributed by atoms with E-state index >= 15 is 0 Å². The molecule has 1 saturated heterocycles. The number of anilines is 1. The summed E-state index contributed by atoms with van der Waals surface area (Å²) in [5.41, 5.74) is 2.50. The third kappa shape index (κ3) is 6.12. The fourth-order valence-corrected chi connectivity index (χ4v) is 5.02. The molecule has 7 nitrogen and oxygen atoms in total. The highest BCUT2D eigenvalue weighted by Gasteiger charge is 2.37. The second-order valence-electron chi connectivity index (χ2n) is 9.84. The molecule has 1 heterocycles. The van der Waals surface area contributed by atoms with Crippen molar-refractivity contribution in [2.75, 3.05) is 4.90 Å². The molecule has 43 heavy (non-hydrogen) atoms. The molecule has 1 N–H and O–H groups in total. The van der Waals surface area contributed by atoms with E-state index in [9.17, 15) is 14.4 Å². The summed E-state index contributed by atoms with van der Waals surface area (Å²) in [6, 6.07) is 34.0. The van der Waals surface area contributed by atoms with Gasteiger partial charge in [-0.05, 0) is 70.4 Å². The van der Waals surface area contributed by atoms with E-state index in [4.69, 9.17) is 21.1 Å². The number of ether oxygens (including phenoxy) is 2. The maximum absolute atomic E-state index is 13.7. The summed E-state index contributed by atoms with van der Waals surface area (Å²) >= 11 is 6.14. The van der Waals surface area contributed by atoms with E-state index in [2.05, 4.69) is 5.32 Å². The Morgan fingerprint density at radius 2 is 1.44 bits per heavy atom. The molecule has 0 spiro atoms. The Bertz CT molecular complexity index is 1870. The van der Waals surface area contributed by atoms with Crippen molar-refractivity contribution < 1.29 is 23.9 Å². The van der Waals surface area contributed by atoms with Crippen molar-refractivity contribution in [1.82, 2.24) is 5.32 Å². The van der Waals surface area contributed by atoms with Gasteiger partial charge in [0.2, 0.25) is 0 Å². The number of hydrogen-bond acceptors (Lipinski definition) is 5. The Hall–Kier alpha value is -5.40. The first kappa shape index (κ1) is 27.8. The van der Waals surface area contributed by atoms with E-state index in [1.165, 1.54) is 6.08 Å². The molecule has 0 aliphatic carbocycles. The summed E-state index contributed by atoms with van der Waals surface area (Å²) in [5.74, 6) is -0.500. The minimum atomic E-state index is -0.833. The number of fused-ring (bicyclic) bond motifs is 1. The predicted molar refractivity (Wildman–Crippen MR) is 166 cm³/mol. The second kappa shape index (κ2) is 12.2. The maximum atomic E-state index is 13.7. The molecule has 0 saturated carbocycles. The Morgan fingerprint density at radius 3 is 2.23 bits per heavy atom. The zero-order valence-corrected chi connectivity index (χ0v) is 23.6. The van der Waals surface area contributed by atoms with Crippen molar-refractivity contribution in [3.8, 4) is 11.5 Å². The topological polar surface area (TPSA) is 84.9 Å². The summed E-state index contributed by atoms with van der Waals surface area (Å²) in [7, 11) is 0. The number of amides is 4. The molecule has 6 rings (SSSR count). The first-order valence-electron chi connectivity index (χ1n) is 13.5. The van der Waals surface area contributed by atoms with Gasteiger partial charge in [-0.1, -0.05) is 84.4 Å². The zero-order chi connectivity index (χ0) is 29.8. The molecule has 212 valence electrons. The number of carbonyl (C=O) groups excluding carboxylic acids is 3. The smallest absolute Gasteiger partial charge is 0.335 e. The van der Waals surface area contributed by atoms with Crippen molar-refractivity contribution in [1.29, 1.82) is 0 Å². The lowest BCUT2D eigenvalue weighted by atomic mass is 9.99. The van der Waals surface area contributed by atoms with Crippen LogP contribution >= 0.6 is 11.6 Å². The van der Waals surface area contributed by atoms with E-state index in [0.29, 0.717) is 34.4 Å². The molecular formula is C35H25ClN2O5. The van der Waals surface area contributed by atoms with E-state index < -0.39 is 17.8 Å². The first-order valence-corrected chi connectivity index (χ1v) is 13.9. The monoisotopic (exact) mass is 588 g/mol. The van der Waals surface area contributed by atoms with Crippen molar-refractivity contribution in [3.63, 3.8) is 0 Å². The molecule has 0 radical (unpaired) electrons. The van der Waals surface area contributed by atoms with Gasteiger partial charge in [0.25, 0.3) is 11.8 Å². The summed E-state index contributed by atoms with van der Waals surface area (Å²) in [6.07, 6.45) is 1.48. The minimum absolute atomic E-state index is 0.201. The van der Waals surface area contributed by atoms with Crippen LogP contribution in [0.3, 0.4) is 0 Å². The quantitative estimate of drug-likeness (QED) is 0.152. The number of carbonyl (C=O) groups is 3. The van der Waals surface area contributed by atoms with Crippen LogP contribution in [-0.2, 0) is 22.8 Å². The summed E-state index contributed by atoms with van der Waals surface area (Å²) in [5, 5.41) is 4.56. The largest absolute Gasteiger partial charge is 0.489 e. The normalized spacial score (nSPS) is 14.2. The van der Waals surface area contributed by atoms with Crippen molar-refractivity contribution in [2.24, 2.45) is 0 Å². The van der Waals surface area contributed by atoms with Gasteiger partial charge in [0, 0.05) is 10.6 Å². The number of nitrogens with zero attached hydrogens (tertiary/aromatic N) is 1. The number of halogens is 1. The van der Waals surface area contributed by atoms with Gasteiger partial charge in [-0.15, -0.1) is 0 Å². The number of urea groups is 1. The maximum Gasteiger partial charge on any atom is 0.335 e. The van der Waals surface area contributed by atoms with Gasteiger partial charge >= 0.3 is 6.03 Å². The van der Waals surface area contributed by atoms with E-state index in [1.807, 2.05) is 72.8 Å². The molecular weight excluding hydrogens is 564 g/mol. The van der Waals surface area contributed by atoms with Crippen LogP contribution in [0.2, 0.25) is 5.02 Å². The van der Waals surface area contributed by atoms with E-state index in [-0.39, 0.29) is 12.2 Å². The van der Waals surface area contributed by atoms with E-state index in [1.54, 1.807) is 42.5 Å². The molecule has 1 fully saturated rings. The van der Waals surface area contributed by atoms with Crippen LogP contribution in [-0.4, -0.2) is 17.8 Å². The highest BCUT2D eigenvalue weighted by atomic mass is 35.5. The lowest BCUT2D eigenvalue weighted by Crippen LogP contribution is -2.54. The van der Waals surface area contributed by atoms with Gasteiger partial charge in [-0.2, -0.15) is 0 Å². The third-order valence-corrected chi connectivity index (χ3v) is 7.18. The molecule has 1 aliphatic heterocycles. The number of rotatable bonds is 8. The van der Waals surface area contributed by atoms with E-state index in [0.717, 1.165) is 26.8 Å². The Balaban J connectivity index is 1.30. The minimum Gasteiger partial charge on any atom is -0.489 e. The van der Waals surface area contributed by atoms with Crippen molar-refractivity contribution in [2.45, 2.75) is 13.2 Å². The summed E-state index contributed by atoms with van der Waals surface area (Å²) < 4.78 is 12.0. The molecule has 5 aromatic rings. The van der Waals surface area contributed by atoms with Crippen LogP contribution in [0.5, 0.6) is 11.5 Å². The van der Waals surface area contributed by atoms with Gasteiger partial charge in [-0.25, -0.2) is 9.69 Å². The van der Waals surface area contributed by atoms with Crippen molar-refractivity contribution in [3.05, 3.63) is 143 Å². The van der Waals surface area contributed by atoms with Crippen LogP contribution in [0, 0.1) is 0 Å². The Labute approximate surface area is 252 Å². The highest BCUT2D eigenvalue weighted by molar-refractivity contribution is 6.39. The molecule has 5 aromatic carbocycles. The van der Waals surface area contributed by atoms with Crippen LogP contribution in [0.1, 0.15) is 16.7 Å². The SMILES string of the molecule is O=C1NC(=O)N(c2ccc(OCc3ccccc3)cc2)C(=O)/C1=C/c1c(OCc2cccc(Cl)c2)ccc2ccccc12. The van der Waals surface area contributed by atoms with Crippen LogP contribution in [0.25, 0.3) is 16.8 Å². The fraction of sp³-hybridized carbons (Fsp3) is 0.0571.